The van der Waals surface area contributed by atoms with Gasteiger partial charge >= 0.3 is 0 Å². The van der Waals surface area contributed by atoms with Crippen LogP contribution >= 0.6 is 11.6 Å². The molecule has 0 nitrogen and oxygen atoms in total. The molecule has 0 saturated carbocycles. The summed E-state index contributed by atoms with van der Waals surface area (Å²) in [7, 11) is 0. The summed E-state index contributed by atoms with van der Waals surface area (Å²) < 4.78 is 13.7. The lowest BCUT2D eigenvalue weighted by molar-refractivity contribution is 0.765. The minimum Gasteiger partial charge on any atom is -0.206 e. The van der Waals surface area contributed by atoms with Gasteiger partial charge in [-0.15, -0.1) is 0 Å². The van der Waals surface area contributed by atoms with E-state index >= 15 is 0 Å². The molecule has 2 heteroatoms. The van der Waals surface area contributed by atoms with Crippen molar-refractivity contribution in [2.45, 2.75) is 0 Å². The smallest absolute Gasteiger partial charge is 0.131 e. The van der Waals surface area contributed by atoms with Crippen LogP contribution in [-0.4, -0.2) is 0 Å². The zero-order valence-electron chi connectivity index (χ0n) is 8.53. The van der Waals surface area contributed by atoms with E-state index in [1.807, 2.05) is 18.2 Å². The monoisotopic (exact) mass is 232 g/mol. The topological polar surface area (TPSA) is 0 Å². The van der Waals surface area contributed by atoms with Crippen molar-refractivity contribution in [2.75, 3.05) is 0 Å². The summed E-state index contributed by atoms with van der Waals surface area (Å²) in [6, 6.07) is 16.0. The molecule has 0 heterocycles. The van der Waals surface area contributed by atoms with Crippen molar-refractivity contribution in [3.63, 3.8) is 0 Å². The molecule has 2 aromatic rings. The Hall–Kier alpha value is -1.60. The number of rotatable bonds is 2. The summed E-state index contributed by atoms with van der Waals surface area (Å²) in [6.07, 6.45) is 1.49. The largest absolute Gasteiger partial charge is 0.206 e. The van der Waals surface area contributed by atoms with E-state index in [0.29, 0.717) is 10.6 Å². The van der Waals surface area contributed by atoms with Gasteiger partial charge in [0.2, 0.25) is 0 Å². The van der Waals surface area contributed by atoms with Crippen molar-refractivity contribution in [2.24, 2.45) is 0 Å². The molecule has 0 aromatic heterocycles. The Labute approximate surface area is 99.0 Å². The zero-order valence-corrected chi connectivity index (χ0v) is 9.29. The predicted octanol–water partition coefficient (Wildman–Crippen LogP) is 4.81. The fourth-order valence-corrected chi connectivity index (χ4v) is 1.51. The lowest BCUT2D eigenvalue weighted by Gasteiger charge is -1.98. The maximum absolute atomic E-state index is 13.7. The van der Waals surface area contributed by atoms with Crippen molar-refractivity contribution < 1.29 is 4.39 Å². The average molecular weight is 233 g/mol. The molecule has 2 aromatic carbocycles. The summed E-state index contributed by atoms with van der Waals surface area (Å²) in [5.41, 5.74) is 1.38. The van der Waals surface area contributed by atoms with Crippen molar-refractivity contribution in [1.29, 1.82) is 0 Å². The number of halogens is 2. The van der Waals surface area contributed by atoms with Gasteiger partial charge in [-0.05, 0) is 23.8 Å². The molecule has 0 unspecified atom stereocenters. The third-order valence-corrected chi connectivity index (χ3v) is 2.46. The predicted molar refractivity (Wildman–Crippen MR) is 66.9 cm³/mol. The van der Waals surface area contributed by atoms with Gasteiger partial charge in [0.25, 0.3) is 0 Å². The molecule has 0 radical (unpaired) electrons. The van der Waals surface area contributed by atoms with Gasteiger partial charge in [-0.25, -0.2) is 4.39 Å². The van der Waals surface area contributed by atoms with Gasteiger partial charge in [-0.1, -0.05) is 54.1 Å². The molecule has 0 aliphatic carbocycles. The maximum atomic E-state index is 13.7. The quantitative estimate of drug-likeness (QED) is 0.652. The van der Waals surface area contributed by atoms with Crippen LogP contribution in [0.15, 0.2) is 54.6 Å². The highest BCUT2D eigenvalue weighted by molar-refractivity contribution is 6.30. The van der Waals surface area contributed by atoms with Crippen LogP contribution in [0.25, 0.3) is 11.9 Å². The molecular formula is C14H10ClF. The lowest BCUT2D eigenvalue weighted by Crippen LogP contribution is -1.77. The van der Waals surface area contributed by atoms with Crippen LogP contribution in [0.3, 0.4) is 0 Å². The van der Waals surface area contributed by atoms with E-state index < -0.39 is 0 Å². The third-order valence-electron chi connectivity index (χ3n) is 2.21. The molecule has 0 atom stereocenters. The Bertz CT molecular complexity index is 486. The fourth-order valence-electron chi connectivity index (χ4n) is 1.39. The molecule has 0 N–H and O–H groups in total. The van der Waals surface area contributed by atoms with Crippen LogP contribution in [0.1, 0.15) is 11.1 Å². The highest BCUT2D eigenvalue weighted by Crippen LogP contribution is 2.20. The molecule has 0 aliphatic heterocycles. The fraction of sp³-hybridized carbons (Fsp3) is 0. The van der Waals surface area contributed by atoms with Crippen LogP contribution < -0.4 is 0 Å². The van der Waals surface area contributed by atoms with Crippen LogP contribution in [0.5, 0.6) is 0 Å². The molecular weight excluding hydrogens is 223 g/mol. The van der Waals surface area contributed by atoms with Gasteiger partial charge in [-0.3, -0.25) is 0 Å². The first-order valence-electron chi connectivity index (χ1n) is 4.94. The minimum atomic E-state index is -0.247. The molecule has 2 rings (SSSR count). The Morgan fingerprint density at radius 3 is 2.19 bits per heavy atom. The van der Waals surface area contributed by atoms with E-state index in [-0.39, 0.29) is 5.83 Å². The summed E-state index contributed by atoms with van der Waals surface area (Å²) in [5, 5.41) is 0.650. The van der Waals surface area contributed by atoms with Gasteiger partial charge in [0.15, 0.2) is 0 Å². The summed E-state index contributed by atoms with van der Waals surface area (Å²) in [6.45, 7) is 0. The van der Waals surface area contributed by atoms with Gasteiger partial charge in [0.1, 0.15) is 5.83 Å². The van der Waals surface area contributed by atoms with Gasteiger partial charge in [0, 0.05) is 10.6 Å². The standard InChI is InChI=1S/C14H10ClF/c15-13-8-6-11(7-9-13)10-14(16)12-4-2-1-3-5-12/h1-10H/b14-10-. The Kier molecular flexibility index (Phi) is 3.37. The van der Waals surface area contributed by atoms with Gasteiger partial charge < -0.3 is 0 Å². The first-order chi connectivity index (χ1) is 7.75. The second-order valence-electron chi connectivity index (χ2n) is 3.41. The first-order valence-corrected chi connectivity index (χ1v) is 5.32. The van der Waals surface area contributed by atoms with Crippen LogP contribution in [0, 0.1) is 0 Å². The van der Waals surface area contributed by atoms with Crippen LogP contribution in [0.2, 0.25) is 5.02 Å². The molecule has 80 valence electrons. The van der Waals surface area contributed by atoms with E-state index in [4.69, 9.17) is 11.6 Å². The molecule has 16 heavy (non-hydrogen) atoms. The summed E-state index contributed by atoms with van der Waals surface area (Å²) in [4.78, 5) is 0. The highest BCUT2D eigenvalue weighted by Gasteiger charge is 1.98. The van der Waals surface area contributed by atoms with Gasteiger partial charge in [0.05, 0.1) is 0 Å². The van der Waals surface area contributed by atoms with Crippen LogP contribution in [-0.2, 0) is 0 Å². The van der Waals surface area contributed by atoms with E-state index in [2.05, 4.69) is 0 Å². The molecule has 0 spiro atoms. The maximum Gasteiger partial charge on any atom is 0.131 e. The SMILES string of the molecule is F/C(=C\c1ccc(Cl)cc1)c1ccccc1. The molecule has 0 aliphatic rings. The second-order valence-corrected chi connectivity index (χ2v) is 3.85. The number of benzene rings is 2. The lowest BCUT2D eigenvalue weighted by atomic mass is 10.1. The van der Waals surface area contributed by atoms with E-state index in [9.17, 15) is 4.39 Å². The van der Waals surface area contributed by atoms with Crippen LogP contribution in [0.4, 0.5) is 4.39 Å². The van der Waals surface area contributed by atoms with Gasteiger partial charge in [-0.2, -0.15) is 0 Å². The molecule has 0 amide bonds. The summed E-state index contributed by atoms with van der Waals surface area (Å²) >= 11 is 5.75. The minimum absolute atomic E-state index is 0.247. The average Bonchev–Trinajstić information content (AvgIpc) is 2.33. The molecule has 0 saturated heterocycles. The Balaban J connectivity index is 2.28. The number of hydrogen-bond donors (Lipinski definition) is 0. The van der Waals surface area contributed by atoms with Crippen molar-refractivity contribution >= 4 is 23.5 Å². The zero-order chi connectivity index (χ0) is 11.4. The van der Waals surface area contributed by atoms with E-state index in [1.54, 1.807) is 36.4 Å². The second kappa shape index (κ2) is 4.95. The normalized spacial score (nSPS) is 11.5. The van der Waals surface area contributed by atoms with E-state index in [1.165, 1.54) is 6.08 Å². The Morgan fingerprint density at radius 1 is 0.938 bits per heavy atom. The van der Waals surface area contributed by atoms with E-state index in [0.717, 1.165) is 5.56 Å². The molecule has 0 fully saturated rings. The Morgan fingerprint density at radius 2 is 1.56 bits per heavy atom. The summed E-state index contributed by atoms with van der Waals surface area (Å²) in [5.74, 6) is -0.247. The highest BCUT2D eigenvalue weighted by atomic mass is 35.5. The van der Waals surface area contributed by atoms with Crippen molar-refractivity contribution in [3.8, 4) is 0 Å². The molecule has 0 bridgehead atoms. The number of hydrogen-bond acceptors (Lipinski definition) is 0. The third kappa shape index (κ3) is 2.71. The van der Waals surface area contributed by atoms with Crippen molar-refractivity contribution in [1.82, 2.24) is 0 Å². The van der Waals surface area contributed by atoms with Crippen molar-refractivity contribution in [3.05, 3.63) is 70.7 Å². The first kappa shape index (κ1) is 10.9.